The van der Waals surface area contributed by atoms with Crippen molar-refractivity contribution in [1.82, 2.24) is 4.57 Å². The van der Waals surface area contributed by atoms with Gasteiger partial charge in [0.2, 0.25) is 0 Å². The molecule has 0 spiro atoms. The summed E-state index contributed by atoms with van der Waals surface area (Å²) in [7, 11) is 0. The van der Waals surface area contributed by atoms with Crippen molar-refractivity contribution in [3.8, 4) is 0 Å². The third kappa shape index (κ3) is 4.39. The van der Waals surface area contributed by atoms with Crippen LogP contribution in [0.1, 0.15) is 49.4 Å². The van der Waals surface area contributed by atoms with Crippen LogP contribution in [-0.2, 0) is 9.59 Å². The standard InChI is InChI=1S/C31H25ClN4O3S/c1-16(2)18-9-11-19(12-10-18)26-24(28(37)34-21-7-5-4-6-8-21)17(3)33-31-36(26)30(39)27(40-31)25-22-15-20(32)13-14-23(22)35-29(25)38/h4-16,26H,1-3H3,(H,34,37)(H,35,38)/b27-25-/t26-/m1/s1. The smallest absolute Gasteiger partial charge is 0.271 e. The molecule has 40 heavy (non-hydrogen) atoms. The van der Waals surface area contributed by atoms with E-state index in [2.05, 4.69) is 24.5 Å². The fourth-order valence-corrected chi connectivity index (χ4v) is 6.44. The van der Waals surface area contributed by atoms with Crippen molar-refractivity contribution in [1.29, 1.82) is 0 Å². The maximum Gasteiger partial charge on any atom is 0.271 e. The normalized spacial score (nSPS) is 17.3. The van der Waals surface area contributed by atoms with Gasteiger partial charge >= 0.3 is 0 Å². The molecule has 3 heterocycles. The van der Waals surface area contributed by atoms with Crippen molar-refractivity contribution < 1.29 is 9.59 Å². The second kappa shape index (κ2) is 10.0. The van der Waals surface area contributed by atoms with Crippen LogP contribution in [0, 0.1) is 0 Å². The summed E-state index contributed by atoms with van der Waals surface area (Å²) < 4.78 is 1.78. The number of aromatic nitrogens is 1. The lowest BCUT2D eigenvalue weighted by Crippen LogP contribution is -2.41. The van der Waals surface area contributed by atoms with E-state index in [0.717, 1.165) is 22.5 Å². The third-order valence-corrected chi connectivity index (χ3v) is 8.43. The first-order valence-electron chi connectivity index (χ1n) is 12.9. The Morgan fingerprint density at radius 1 is 1.05 bits per heavy atom. The lowest BCUT2D eigenvalue weighted by Gasteiger charge is -2.25. The highest BCUT2D eigenvalue weighted by molar-refractivity contribution is 7.07. The van der Waals surface area contributed by atoms with Crippen molar-refractivity contribution in [3.05, 3.63) is 125 Å². The summed E-state index contributed by atoms with van der Waals surface area (Å²) >= 11 is 7.38. The zero-order chi connectivity index (χ0) is 28.1. The van der Waals surface area contributed by atoms with Gasteiger partial charge in [0.15, 0.2) is 4.80 Å². The number of rotatable bonds is 4. The molecule has 0 bridgehead atoms. The lowest BCUT2D eigenvalue weighted by molar-refractivity contribution is -0.113. The van der Waals surface area contributed by atoms with Crippen LogP contribution in [0.2, 0.25) is 5.02 Å². The zero-order valence-electron chi connectivity index (χ0n) is 22.0. The number of anilines is 2. The number of carbonyl (C=O) groups is 2. The molecule has 0 saturated carbocycles. The van der Waals surface area contributed by atoms with Crippen LogP contribution >= 0.6 is 22.9 Å². The Morgan fingerprint density at radius 2 is 1.77 bits per heavy atom. The van der Waals surface area contributed by atoms with Gasteiger partial charge in [-0.2, -0.15) is 0 Å². The fourth-order valence-electron chi connectivity index (χ4n) is 5.13. The first-order chi connectivity index (χ1) is 19.2. The predicted molar refractivity (Wildman–Crippen MR) is 158 cm³/mol. The van der Waals surface area contributed by atoms with Gasteiger partial charge in [-0.25, -0.2) is 4.99 Å². The van der Waals surface area contributed by atoms with E-state index in [1.807, 2.05) is 42.5 Å². The summed E-state index contributed by atoms with van der Waals surface area (Å²) in [6, 6.07) is 21.4. The predicted octanol–water partition coefficient (Wildman–Crippen LogP) is 4.97. The highest BCUT2D eigenvalue weighted by Gasteiger charge is 2.34. The Morgan fingerprint density at radius 3 is 2.48 bits per heavy atom. The second-order valence-electron chi connectivity index (χ2n) is 10.1. The molecule has 0 radical (unpaired) electrons. The number of thiazole rings is 1. The third-order valence-electron chi connectivity index (χ3n) is 7.15. The number of benzene rings is 3. The van der Waals surface area contributed by atoms with Crippen LogP contribution in [0.15, 0.2) is 93.9 Å². The van der Waals surface area contributed by atoms with Crippen molar-refractivity contribution >= 4 is 51.7 Å². The molecule has 9 heteroatoms. The van der Waals surface area contributed by atoms with E-state index in [9.17, 15) is 14.4 Å². The van der Waals surface area contributed by atoms with Gasteiger partial charge in [-0.3, -0.25) is 19.0 Å². The van der Waals surface area contributed by atoms with Gasteiger partial charge in [-0.15, -0.1) is 0 Å². The second-order valence-corrected chi connectivity index (χ2v) is 11.5. The molecule has 4 aromatic rings. The van der Waals surface area contributed by atoms with Crippen LogP contribution in [0.25, 0.3) is 5.57 Å². The molecule has 2 aliphatic rings. The average Bonchev–Trinajstić information content (AvgIpc) is 3.42. The molecule has 0 saturated heterocycles. The number of nitrogens with one attached hydrogen (secondary N) is 2. The molecule has 1 atom stereocenters. The summed E-state index contributed by atoms with van der Waals surface area (Å²) in [5.41, 5.74) is 4.45. The maximum atomic E-state index is 14.2. The van der Waals surface area contributed by atoms with Gasteiger partial charge in [0, 0.05) is 22.0 Å². The van der Waals surface area contributed by atoms with Crippen molar-refractivity contribution in [2.75, 3.05) is 10.6 Å². The highest BCUT2D eigenvalue weighted by atomic mass is 35.5. The Labute approximate surface area is 239 Å². The number of hydrogen-bond donors (Lipinski definition) is 2. The van der Waals surface area contributed by atoms with Crippen LogP contribution in [0.5, 0.6) is 0 Å². The number of halogens is 1. The lowest BCUT2D eigenvalue weighted by atomic mass is 9.93. The zero-order valence-corrected chi connectivity index (χ0v) is 23.6. The van der Waals surface area contributed by atoms with Crippen LogP contribution < -0.4 is 25.5 Å². The molecule has 0 unspecified atom stereocenters. The Balaban J connectivity index is 1.58. The van der Waals surface area contributed by atoms with Gasteiger partial charge in [0.25, 0.3) is 17.4 Å². The number of para-hydroxylation sites is 1. The first kappa shape index (κ1) is 26.0. The number of fused-ring (bicyclic) bond motifs is 2. The van der Waals surface area contributed by atoms with Gasteiger partial charge in [-0.1, -0.05) is 79.2 Å². The van der Waals surface area contributed by atoms with E-state index in [0.29, 0.717) is 44.0 Å². The molecule has 0 aliphatic carbocycles. The minimum Gasteiger partial charge on any atom is -0.322 e. The van der Waals surface area contributed by atoms with E-state index in [1.54, 1.807) is 37.3 Å². The summed E-state index contributed by atoms with van der Waals surface area (Å²) in [5.74, 6) is -0.402. The van der Waals surface area contributed by atoms with Gasteiger partial charge < -0.3 is 10.6 Å². The van der Waals surface area contributed by atoms with Crippen LogP contribution in [-0.4, -0.2) is 16.4 Å². The molecule has 200 valence electrons. The van der Waals surface area contributed by atoms with E-state index in [4.69, 9.17) is 16.6 Å². The Kier molecular flexibility index (Phi) is 6.52. The molecular formula is C31H25ClN4O3S. The number of allylic oxidation sites excluding steroid dienone is 1. The van der Waals surface area contributed by atoms with E-state index < -0.39 is 11.6 Å². The minimum atomic E-state index is -0.737. The molecular weight excluding hydrogens is 544 g/mol. The summed E-state index contributed by atoms with van der Waals surface area (Å²) in [6.07, 6.45) is 0. The van der Waals surface area contributed by atoms with E-state index >= 15 is 0 Å². The quantitative estimate of drug-likeness (QED) is 0.364. The van der Waals surface area contributed by atoms with Crippen molar-refractivity contribution in [2.45, 2.75) is 32.7 Å². The molecule has 2 amide bonds. The Bertz CT molecular complexity index is 1900. The molecule has 0 fully saturated rings. The van der Waals surface area contributed by atoms with Crippen LogP contribution in [0.3, 0.4) is 0 Å². The average molecular weight is 569 g/mol. The maximum absolute atomic E-state index is 14.2. The fraction of sp³-hybridized carbons (Fsp3) is 0.161. The minimum absolute atomic E-state index is 0.249. The van der Waals surface area contributed by atoms with E-state index in [-0.39, 0.29) is 21.9 Å². The van der Waals surface area contributed by atoms with Gasteiger partial charge in [0.1, 0.15) is 4.53 Å². The number of carbonyl (C=O) groups excluding carboxylic acids is 2. The van der Waals surface area contributed by atoms with Crippen molar-refractivity contribution in [3.63, 3.8) is 0 Å². The largest absolute Gasteiger partial charge is 0.322 e. The topological polar surface area (TPSA) is 92.6 Å². The van der Waals surface area contributed by atoms with E-state index in [1.165, 1.54) is 4.57 Å². The monoisotopic (exact) mass is 568 g/mol. The molecule has 1 aromatic heterocycles. The number of nitrogens with zero attached hydrogens (tertiary/aromatic N) is 2. The molecule has 2 N–H and O–H groups in total. The van der Waals surface area contributed by atoms with Crippen LogP contribution in [0.4, 0.5) is 11.4 Å². The molecule has 2 aliphatic heterocycles. The summed E-state index contributed by atoms with van der Waals surface area (Å²) in [4.78, 5) is 46.1. The SMILES string of the molecule is CC1=C(C(=O)Nc2ccccc2)[C@@H](c2ccc(C(C)C)cc2)n2c(s/c(=C3\C(=O)Nc4ccc(Cl)cc43)c2=O)=N1. The van der Waals surface area contributed by atoms with Gasteiger partial charge in [-0.05, 0) is 54.3 Å². The molecule has 3 aromatic carbocycles. The number of hydrogen-bond acceptors (Lipinski definition) is 5. The molecule has 7 nitrogen and oxygen atoms in total. The number of amides is 2. The Hall–Kier alpha value is -4.27. The van der Waals surface area contributed by atoms with Gasteiger partial charge in [0.05, 0.1) is 22.9 Å². The summed E-state index contributed by atoms with van der Waals surface area (Å²) in [5, 5.41) is 6.24. The van der Waals surface area contributed by atoms with Crippen molar-refractivity contribution in [2.24, 2.45) is 4.99 Å². The molecule has 6 rings (SSSR count). The summed E-state index contributed by atoms with van der Waals surface area (Å²) in [6.45, 7) is 5.99. The first-order valence-corrected chi connectivity index (χ1v) is 14.0. The highest BCUT2D eigenvalue weighted by Crippen LogP contribution is 2.34.